The predicted octanol–water partition coefficient (Wildman–Crippen LogP) is 2.85. The molecule has 0 radical (unpaired) electrons. The van der Waals surface area contributed by atoms with Crippen LogP contribution in [0.2, 0.25) is 0 Å². The van der Waals surface area contributed by atoms with E-state index in [9.17, 15) is 24.8 Å². The summed E-state index contributed by atoms with van der Waals surface area (Å²) in [6, 6.07) is 10.4. The Morgan fingerprint density at radius 3 is 2.53 bits per heavy atom. The third kappa shape index (κ3) is 4.96. The number of carboxylic acid groups (broad SMARTS) is 1. The molecule has 1 aliphatic heterocycles. The minimum atomic E-state index is -1.20. The highest BCUT2D eigenvalue weighted by Crippen LogP contribution is 2.40. The average Bonchev–Trinajstić information content (AvgIpc) is 3.18. The van der Waals surface area contributed by atoms with Crippen LogP contribution >= 0.6 is 0 Å². The predicted molar refractivity (Wildman–Crippen MR) is 104 cm³/mol. The molecule has 0 fully saturated rings. The molecular formula is C20H20N2O8. The summed E-state index contributed by atoms with van der Waals surface area (Å²) in [5.41, 5.74) is 0.883. The van der Waals surface area contributed by atoms with Crippen molar-refractivity contribution in [3.63, 3.8) is 0 Å². The van der Waals surface area contributed by atoms with Crippen molar-refractivity contribution in [2.24, 2.45) is 0 Å². The van der Waals surface area contributed by atoms with E-state index in [1.807, 2.05) is 0 Å². The quantitative estimate of drug-likeness (QED) is 0.495. The van der Waals surface area contributed by atoms with Crippen LogP contribution in [0.5, 0.6) is 11.5 Å². The summed E-state index contributed by atoms with van der Waals surface area (Å²) in [7, 11) is 0. The van der Waals surface area contributed by atoms with E-state index < -0.39 is 28.9 Å². The molecule has 0 aliphatic carbocycles. The smallest absolute Gasteiger partial charge is 0.407 e. The van der Waals surface area contributed by atoms with Crippen LogP contribution in [0.3, 0.4) is 0 Å². The lowest BCUT2D eigenvalue weighted by Gasteiger charge is -2.17. The SMILES string of the molecule is CC(COC(=O)NC(Cc1ccccc1)C(=O)O)c1cc2c(cc1[N+](=O)[O-])OCO2. The first-order chi connectivity index (χ1) is 14.3. The fourth-order valence-electron chi connectivity index (χ4n) is 3.02. The lowest BCUT2D eigenvalue weighted by Crippen LogP contribution is -2.42. The number of hydrogen-bond donors (Lipinski definition) is 2. The molecule has 3 rings (SSSR count). The molecule has 30 heavy (non-hydrogen) atoms. The average molecular weight is 416 g/mol. The van der Waals surface area contributed by atoms with Gasteiger partial charge in [-0.05, 0) is 11.6 Å². The topological polar surface area (TPSA) is 137 Å². The Balaban J connectivity index is 1.62. The number of alkyl carbamates (subject to hydrolysis) is 1. The van der Waals surface area contributed by atoms with Gasteiger partial charge in [0, 0.05) is 17.9 Å². The molecular weight excluding hydrogens is 396 g/mol. The molecule has 0 saturated heterocycles. The number of nitrogens with one attached hydrogen (secondary N) is 1. The third-order valence-corrected chi connectivity index (χ3v) is 4.59. The van der Waals surface area contributed by atoms with Gasteiger partial charge in [0.25, 0.3) is 5.69 Å². The number of carbonyl (C=O) groups excluding carboxylic acids is 1. The molecule has 0 bridgehead atoms. The number of nitro benzene ring substituents is 1. The van der Waals surface area contributed by atoms with E-state index in [-0.39, 0.29) is 31.3 Å². The number of benzene rings is 2. The first-order valence-corrected chi connectivity index (χ1v) is 9.13. The molecule has 1 heterocycles. The Hall–Kier alpha value is -3.82. The van der Waals surface area contributed by atoms with Gasteiger partial charge in [0.2, 0.25) is 6.79 Å². The van der Waals surface area contributed by atoms with Crippen molar-refractivity contribution in [1.29, 1.82) is 0 Å². The largest absolute Gasteiger partial charge is 0.480 e. The van der Waals surface area contributed by atoms with Crippen molar-refractivity contribution >= 4 is 17.7 Å². The highest BCUT2D eigenvalue weighted by atomic mass is 16.7. The zero-order valence-corrected chi connectivity index (χ0v) is 16.1. The van der Waals surface area contributed by atoms with Crippen LogP contribution in [0.25, 0.3) is 0 Å². The molecule has 10 heteroatoms. The highest BCUT2D eigenvalue weighted by molar-refractivity contribution is 5.80. The number of aliphatic carboxylic acids is 1. The van der Waals surface area contributed by atoms with Crippen molar-refractivity contribution in [2.45, 2.75) is 25.3 Å². The second-order valence-corrected chi connectivity index (χ2v) is 6.75. The number of ether oxygens (including phenoxy) is 3. The van der Waals surface area contributed by atoms with E-state index in [4.69, 9.17) is 14.2 Å². The van der Waals surface area contributed by atoms with Crippen LogP contribution in [-0.4, -0.2) is 41.5 Å². The zero-order valence-electron chi connectivity index (χ0n) is 16.1. The van der Waals surface area contributed by atoms with Crippen molar-refractivity contribution in [1.82, 2.24) is 5.32 Å². The molecule has 2 N–H and O–H groups in total. The van der Waals surface area contributed by atoms with Crippen LogP contribution in [0.1, 0.15) is 24.0 Å². The standard InChI is InChI=1S/C20H20N2O8/c1-12(14-8-17-18(30-11-29-17)9-16(14)22(26)27)10-28-20(25)21-15(19(23)24)7-13-5-3-2-4-6-13/h2-6,8-9,12,15H,7,10-11H2,1H3,(H,21,25)(H,23,24). The van der Waals surface area contributed by atoms with E-state index in [0.717, 1.165) is 5.56 Å². The van der Waals surface area contributed by atoms with Gasteiger partial charge in [0.15, 0.2) is 11.5 Å². The fourth-order valence-corrected chi connectivity index (χ4v) is 3.02. The molecule has 2 aromatic rings. The first kappa shape index (κ1) is 20.9. The van der Waals surface area contributed by atoms with Gasteiger partial charge in [-0.2, -0.15) is 0 Å². The Bertz CT molecular complexity index is 947. The lowest BCUT2D eigenvalue weighted by atomic mass is 9.99. The maximum atomic E-state index is 12.1. The Kier molecular flexibility index (Phi) is 6.35. The molecule has 2 aromatic carbocycles. The van der Waals surface area contributed by atoms with Gasteiger partial charge in [-0.25, -0.2) is 9.59 Å². The summed E-state index contributed by atoms with van der Waals surface area (Å²) in [4.78, 5) is 34.4. The van der Waals surface area contributed by atoms with Crippen LogP contribution in [0, 0.1) is 10.1 Å². The van der Waals surface area contributed by atoms with Crippen LogP contribution in [-0.2, 0) is 16.0 Å². The Morgan fingerprint density at radius 1 is 1.23 bits per heavy atom. The normalized spacial score (nSPS) is 13.9. The summed E-state index contributed by atoms with van der Waals surface area (Å²) in [6.45, 7) is 1.43. The minimum Gasteiger partial charge on any atom is -0.480 e. The van der Waals surface area contributed by atoms with Gasteiger partial charge in [-0.1, -0.05) is 37.3 Å². The van der Waals surface area contributed by atoms with E-state index in [0.29, 0.717) is 11.3 Å². The summed E-state index contributed by atoms with van der Waals surface area (Å²) >= 11 is 0. The first-order valence-electron chi connectivity index (χ1n) is 9.13. The molecule has 10 nitrogen and oxygen atoms in total. The number of rotatable bonds is 8. The van der Waals surface area contributed by atoms with E-state index in [1.165, 1.54) is 12.1 Å². The van der Waals surface area contributed by atoms with Gasteiger partial charge in [0.1, 0.15) is 12.6 Å². The van der Waals surface area contributed by atoms with Crippen LogP contribution in [0.4, 0.5) is 10.5 Å². The maximum Gasteiger partial charge on any atom is 0.407 e. The van der Waals surface area contributed by atoms with Crippen LogP contribution in [0.15, 0.2) is 42.5 Å². The molecule has 158 valence electrons. The molecule has 1 aliphatic rings. The van der Waals surface area contributed by atoms with Gasteiger partial charge >= 0.3 is 12.1 Å². The van der Waals surface area contributed by atoms with E-state index in [1.54, 1.807) is 37.3 Å². The fraction of sp³-hybridized carbons (Fsp3) is 0.300. The Labute approximate surface area is 171 Å². The summed E-state index contributed by atoms with van der Waals surface area (Å²) in [5, 5.41) is 23.0. The molecule has 1 amide bonds. The molecule has 0 aromatic heterocycles. The third-order valence-electron chi connectivity index (χ3n) is 4.59. The van der Waals surface area contributed by atoms with E-state index in [2.05, 4.69) is 5.32 Å². The zero-order chi connectivity index (χ0) is 21.7. The van der Waals surface area contributed by atoms with Crippen LogP contribution < -0.4 is 14.8 Å². The molecule has 0 spiro atoms. The van der Waals surface area contributed by atoms with Gasteiger partial charge in [-0.3, -0.25) is 10.1 Å². The Morgan fingerprint density at radius 2 is 1.90 bits per heavy atom. The number of nitro groups is 1. The molecule has 0 saturated carbocycles. The summed E-state index contributed by atoms with van der Waals surface area (Å²) in [5.74, 6) is -1.08. The second-order valence-electron chi connectivity index (χ2n) is 6.75. The van der Waals surface area contributed by atoms with Crippen molar-refractivity contribution in [3.05, 3.63) is 63.7 Å². The number of carbonyl (C=O) groups is 2. The van der Waals surface area contributed by atoms with Crippen molar-refractivity contribution in [3.8, 4) is 11.5 Å². The number of amides is 1. The summed E-state index contributed by atoms with van der Waals surface area (Å²) in [6.07, 6.45) is -0.831. The van der Waals surface area contributed by atoms with Gasteiger partial charge in [0.05, 0.1) is 11.0 Å². The second kappa shape index (κ2) is 9.12. The number of fused-ring (bicyclic) bond motifs is 1. The van der Waals surface area contributed by atoms with Gasteiger partial charge in [-0.15, -0.1) is 0 Å². The maximum absolute atomic E-state index is 12.1. The number of carboxylic acids is 1. The highest BCUT2D eigenvalue weighted by Gasteiger charge is 2.27. The monoisotopic (exact) mass is 416 g/mol. The van der Waals surface area contributed by atoms with E-state index >= 15 is 0 Å². The molecule has 2 unspecified atom stereocenters. The van der Waals surface area contributed by atoms with Gasteiger partial charge < -0.3 is 24.6 Å². The van der Waals surface area contributed by atoms with Crippen molar-refractivity contribution in [2.75, 3.05) is 13.4 Å². The number of nitrogens with zero attached hydrogens (tertiary/aromatic N) is 1. The molecule has 2 atom stereocenters. The summed E-state index contributed by atoms with van der Waals surface area (Å²) < 4.78 is 15.5. The number of hydrogen-bond acceptors (Lipinski definition) is 7. The minimum absolute atomic E-state index is 0.0266. The lowest BCUT2D eigenvalue weighted by molar-refractivity contribution is -0.385. The van der Waals surface area contributed by atoms with Crippen molar-refractivity contribution < 1.29 is 33.8 Å².